The lowest BCUT2D eigenvalue weighted by atomic mass is 10.0. The van der Waals surface area contributed by atoms with Crippen molar-refractivity contribution in [2.75, 3.05) is 6.61 Å². The van der Waals surface area contributed by atoms with Gasteiger partial charge in [-0.15, -0.1) is 0 Å². The average molecular weight is 328 g/mol. The molecule has 0 saturated carbocycles. The third kappa shape index (κ3) is 4.02. The Labute approximate surface area is 141 Å². The van der Waals surface area contributed by atoms with Gasteiger partial charge in [-0.2, -0.15) is 0 Å². The fourth-order valence-electron chi connectivity index (χ4n) is 2.59. The summed E-state index contributed by atoms with van der Waals surface area (Å²) in [6, 6.07) is 11.0. The lowest BCUT2D eigenvalue weighted by Gasteiger charge is -2.11. The van der Waals surface area contributed by atoms with Crippen molar-refractivity contribution in [2.45, 2.75) is 32.6 Å². The SMILES string of the molecule is CCOC(=O)c1ccccc1SC(=O)c1c(C)cc(C)cc1C. The maximum Gasteiger partial charge on any atom is 0.339 e. The van der Waals surface area contributed by atoms with Crippen molar-refractivity contribution in [1.29, 1.82) is 0 Å². The van der Waals surface area contributed by atoms with Crippen LogP contribution in [0.2, 0.25) is 0 Å². The normalized spacial score (nSPS) is 10.4. The van der Waals surface area contributed by atoms with E-state index < -0.39 is 5.97 Å². The van der Waals surface area contributed by atoms with E-state index in [4.69, 9.17) is 4.74 Å². The number of carbonyl (C=O) groups excluding carboxylic acids is 2. The van der Waals surface area contributed by atoms with Crippen molar-refractivity contribution in [1.82, 2.24) is 0 Å². The fraction of sp³-hybridized carbons (Fsp3) is 0.263. The highest BCUT2D eigenvalue weighted by Gasteiger charge is 2.19. The summed E-state index contributed by atoms with van der Waals surface area (Å²) in [5.41, 5.74) is 4.17. The molecule has 0 aliphatic carbocycles. The predicted molar refractivity (Wildman–Crippen MR) is 93.2 cm³/mol. The van der Waals surface area contributed by atoms with Crippen LogP contribution in [0.4, 0.5) is 0 Å². The van der Waals surface area contributed by atoms with Gasteiger partial charge in [0.2, 0.25) is 5.12 Å². The van der Waals surface area contributed by atoms with Gasteiger partial charge < -0.3 is 4.74 Å². The molecule has 0 aromatic heterocycles. The number of hydrogen-bond donors (Lipinski definition) is 0. The van der Waals surface area contributed by atoms with E-state index in [9.17, 15) is 9.59 Å². The van der Waals surface area contributed by atoms with Crippen LogP contribution in [-0.4, -0.2) is 17.7 Å². The molecule has 4 heteroatoms. The third-order valence-electron chi connectivity index (χ3n) is 3.47. The minimum absolute atomic E-state index is 0.0586. The quantitative estimate of drug-likeness (QED) is 0.601. The molecule has 0 aliphatic heterocycles. The van der Waals surface area contributed by atoms with Gasteiger partial charge in [0, 0.05) is 10.5 Å². The molecule has 3 nitrogen and oxygen atoms in total. The standard InChI is InChI=1S/C19H20O3S/c1-5-22-18(20)15-8-6-7-9-16(15)23-19(21)17-13(3)10-12(2)11-14(17)4/h6-11H,5H2,1-4H3. The van der Waals surface area contributed by atoms with Gasteiger partial charge in [-0.1, -0.05) is 29.8 Å². The van der Waals surface area contributed by atoms with E-state index in [1.54, 1.807) is 25.1 Å². The van der Waals surface area contributed by atoms with Gasteiger partial charge in [0.25, 0.3) is 0 Å². The highest BCUT2D eigenvalue weighted by atomic mass is 32.2. The smallest absolute Gasteiger partial charge is 0.339 e. The Bertz CT molecular complexity index is 727. The molecule has 0 unspecified atom stereocenters. The van der Waals surface area contributed by atoms with Crippen molar-refractivity contribution < 1.29 is 14.3 Å². The van der Waals surface area contributed by atoms with Gasteiger partial charge in [-0.25, -0.2) is 4.79 Å². The molecule has 0 heterocycles. The molecule has 0 fully saturated rings. The summed E-state index contributed by atoms with van der Waals surface area (Å²) in [6.45, 7) is 7.95. The van der Waals surface area contributed by atoms with Crippen molar-refractivity contribution in [2.24, 2.45) is 0 Å². The van der Waals surface area contributed by atoms with Gasteiger partial charge in [0.1, 0.15) is 0 Å². The van der Waals surface area contributed by atoms with Crippen molar-refractivity contribution >= 4 is 22.8 Å². The number of carbonyl (C=O) groups is 2. The Morgan fingerprint density at radius 3 is 2.26 bits per heavy atom. The Kier molecular flexibility index (Phi) is 5.61. The summed E-state index contributed by atoms with van der Waals surface area (Å²) >= 11 is 1.07. The van der Waals surface area contributed by atoms with Crippen LogP contribution in [0.3, 0.4) is 0 Å². The maximum absolute atomic E-state index is 12.7. The van der Waals surface area contributed by atoms with E-state index in [2.05, 4.69) is 0 Å². The number of aryl methyl sites for hydroxylation is 3. The molecule has 23 heavy (non-hydrogen) atoms. The second-order valence-corrected chi connectivity index (χ2v) is 6.39. The molecule has 120 valence electrons. The van der Waals surface area contributed by atoms with Gasteiger partial charge in [0.15, 0.2) is 0 Å². The molecule has 0 atom stereocenters. The topological polar surface area (TPSA) is 43.4 Å². The molecule has 0 saturated heterocycles. The Morgan fingerprint density at radius 1 is 1.04 bits per heavy atom. The van der Waals surface area contributed by atoms with E-state index in [-0.39, 0.29) is 5.12 Å². The van der Waals surface area contributed by atoms with Gasteiger partial charge in [0.05, 0.1) is 12.2 Å². The molecule has 0 spiro atoms. The number of hydrogen-bond acceptors (Lipinski definition) is 4. The third-order valence-corrected chi connectivity index (χ3v) is 4.43. The average Bonchev–Trinajstić information content (AvgIpc) is 2.46. The monoisotopic (exact) mass is 328 g/mol. The first kappa shape index (κ1) is 17.3. The second kappa shape index (κ2) is 7.47. The van der Waals surface area contributed by atoms with Crippen LogP contribution in [-0.2, 0) is 4.74 Å². The maximum atomic E-state index is 12.7. The highest BCUT2D eigenvalue weighted by molar-refractivity contribution is 8.14. The first-order valence-corrected chi connectivity index (χ1v) is 8.31. The summed E-state index contributed by atoms with van der Waals surface area (Å²) in [7, 11) is 0. The van der Waals surface area contributed by atoms with Crippen molar-refractivity contribution in [3.8, 4) is 0 Å². The molecule has 2 rings (SSSR count). The molecule has 0 aliphatic rings. The second-order valence-electron chi connectivity index (χ2n) is 5.38. The number of thioether (sulfide) groups is 1. The van der Waals surface area contributed by atoms with Gasteiger partial charge in [-0.3, -0.25) is 4.79 Å². The molecule has 2 aromatic carbocycles. The molecule has 0 amide bonds. The molecule has 0 radical (unpaired) electrons. The fourth-order valence-corrected chi connectivity index (χ4v) is 3.62. The lowest BCUT2D eigenvalue weighted by Crippen LogP contribution is -2.07. The highest BCUT2D eigenvalue weighted by Crippen LogP contribution is 2.29. The van der Waals surface area contributed by atoms with Crippen molar-refractivity contribution in [3.05, 3.63) is 64.2 Å². The van der Waals surface area contributed by atoms with Gasteiger partial charge >= 0.3 is 5.97 Å². The summed E-state index contributed by atoms with van der Waals surface area (Å²) in [4.78, 5) is 25.3. The largest absolute Gasteiger partial charge is 0.462 e. The number of rotatable bonds is 4. The zero-order chi connectivity index (χ0) is 17.0. The van der Waals surface area contributed by atoms with E-state index in [1.807, 2.05) is 39.0 Å². The summed E-state index contributed by atoms with van der Waals surface area (Å²) in [5, 5.41) is -0.0586. The predicted octanol–water partition coefficient (Wildman–Crippen LogP) is 4.72. The minimum Gasteiger partial charge on any atom is -0.462 e. The number of esters is 1. The van der Waals surface area contributed by atoms with Crippen LogP contribution >= 0.6 is 11.8 Å². The number of benzene rings is 2. The van der Waals surface area contributed by atoms with E-state index in [0.29, 0.717) is 22.6 Å². The first-order valence-electron chi connectivity index (χ1n) is 7.50. The number of ether oxygens (including phenoxy) is 1. The zero-order valence-electron chi connectivity index (χ0n) is 13.8. The van der Waals surface area contributed by atoms with Crippen LogP contribution < -0.4 is 0 Å². The van der Waals surface area contributed by atoms with Crippen LogP contribution in [0.5, 0.6) is 0 Å². The van der Waals surface area contributed by atoms with Crippen LogP contribution in [0.1, 0.15) is 44.3 Å². The van der Waals surface area contributed by atoms with E-state index >= 15 is 0 Å². The summed E-state index contributed by atoms with van der Waals surface area (Å²) < 4.78 is 5.06. The van der Waals surface area contributed by atoms with E-state index in [0.717, 1.165) is 28.5 Å². The summed E-state index contributed by atoms with van der Waals surface area (Å²) in [5.74, 6) is -0.402. The molecular weight excluding hydrogens is 308 g/mol. The Balaban J connectivity index is 2.33. The zero-order valence-corrected chi connectivity index (χ0v) is 14.6. The van der Waals surface area contributed by atoms with Crippen LogP contribution in [0.25, 0.3) is 0 Å². The van der Waals surface area contributed by atoms with Crippen LogP contribution in [0, 0.1) is 20.8 Å². The lowest BCUT2D eigenvalue weighted by molar-refractivity contribution is 0.0522. The van der Waals surface area contributed by atoms with Crippen molar-refractivity contribution in [3.63, 3.8) is 0 Å². The van der Waals surface area contributed by atoms with Crippen LogP contribution in [0.15, 0.2) is 41.3 Å². The molecule has 2 aromatic rings. The molecule has 0 bridgehead atoms. The molecular formula is C19H20O3S. The first-order chi connectivity index (χ1) is 10.9. The van der Waals surface area contributed by atoms with Gasteiger partial charge in [-0.05, 0) is 62.7 Å². The Morgan fingerprint density at radius 2 is 1.65 bits per heavy atom. The Hall–Kier alpha value is -2.07. The minimum atomic E-state index is -0.402. The molecule has 0 N–H and O–H groups in total. The van der Waals surface area contributed by atoms with E-state index in [1.165, 1.54) is 0 Å². The summed E-state index contributed by atoms with van der Waals surface area (Å²) in [6.07, 6.45) is 0.